The topological polar surface area (TPSA) is 61.8 Å². The minimum absolute atomic E-state index is 0.340. The Morgan fingerprint density at radius 2 is 1.71 bits per heavy atom. The summed E-state index contributed by atoms with van der Waals surface area (Å²) in [6.07, 6.45) is 7.33. The fourth-order valence-corrected chi connectivity index (χ4v) is 1.86. The average molecular weight is 199 g/mol. The summed E-state index contributed by atoms with van der Waals surface area (Å²) in [5, 5.41) is 11.4. The second-order valence-corrected chi connectivity index (χ2v) is 3.95. The lowest BCUT2D eigenvalue weighted by atomic mass is 10.1. The molecule has 14 heavy (non-hydrogen) atoms. The Morgan fingerprint density at radius 1 is 1.14 bits per heavy atom. The minimum Gasteiger partial charge on any atom is -0.409 e. The van der Waals surface area contributed by atoms with Crippen molar-refractivity contribution in [3.63, 3.8) is 0 Å². The maximum Gasteiger partial charge on any atom is 0.140 e. The molecule has 0 amide bonds. The number of likely N-dealkylation sites (tertiary alicyclic amines) is 1. The third kappa shape index (κ3) is 4.46. The lowest BCUT2D eigenvalue weighted by Gasteiger charge is -2.23. The zero-order valence-electron chi connectivity index (χ0n) is 8.78. The molecule has 3 N–H and O–H groups in total. The van der Waals surface area contributed by atoms with E-state index in [0.29, 0.717) is 12.3 Å². The first-order chi connectivity index (χ1) is 6.83. The monoisotopic (exact) mass is 199 g/mol. The van der Waals surface area contributed by atoms with Crippen LogP contribution in [-0.4, -0.2) is 35.6 Å². The van der Waals surface area contributed by atoms with E-state index in [1.807, 2.05) is 0 Å². The molecule has 0 aliphatic carbocycles. The average Bonchev–Trinajstić information content (AvgIpc) is 2.15. The first-order valence-corrected chi connectivity index (χ1v) is 5.51. The van der Waals surface area contributed by atoms with Crippen molar-refractivity contribution in [3.8, 4) is 0 Å². The van der Waals surface area contributed by atoms with Gasteiger partial charge in [0.25, 0.3) is 0 Å². The van der Waals surface area contributed by atoms with Gasteiger partial charge in [-0.15, -0.1) is 0 Å². The van der Waals surface area contributed by atoms with E-state index in [2.05, 4.69) is 10.1 Å². The molecule has 0 atom stereocenters. The predicted molar refractivity (Wildman–Crippen MR) is 57.6 cm³/mol. The van der Waals surface area contributed by atoms with Crippen LogP contribution in [0.4, 0.5) is 0 Å². The summed E-state index contributed by atoms with van der Waals surface area (Å²) < 4.78 is 0. The molecule has 0 spiro atoms. The van der Waals surface area contributed by atoms with E-state index >= 15 is 0 Å². The van der Waals surface area contributed by atoms with E-state index < -0.39 is 0 Å². The largest absolute Gasteiger partial charge is 0.409 e. The molecule has 1 fully saturated rings. The van der Waals surface area contributed by atoms with Crippen molar-refractivity contribution in [3.05, 3.63) is 0 Å². The number of hydrogen-bond acceptors (Lipinski definition) is 3. The second-order valence-electron chi connectivity index (χ2n) is 3.95. The third-order valence-corrected chi connectivity index (χ3v) is 2.76. The second kappa shape index (κ2) is 6.65. The van der Waals surface area contributed by atoms with Gasteiger partial charge in [-0.1, -0.05) is 24.4 Å². The van der Waals surface area contributed by atoms with Gasteiger partial charge in [0.05, 0.1) is 0 Å². The third-order valence-electron chi connectivity index (χ3n) is 2.76. The van der Waals surface area contributed by atoms with E-state index in [9.17, 15) is 0 Å². The summed E-state index contributed by atoms with van der Waals surface area (Å²) in [4.78, 5) is 2.41. The summed E-state index contributed by atoms with van der Waals surface area (Å²) in [6.45, 7) is 3.26. The quantitative estimate of drug-likeness (QED) is 0.312. The van der Waals surface area contributed by atoms with Crippen LogP contribution in [0.2, 0.25) is 0 Å². The van der Waals surface area contributed by atoms with Crippen molar-refractivity contribution < 1.29 is 5.21 Å². The highest BCUT2D eigenvalue weighted by Crippen LogP contribution is 2.10. The Balaban J connectivity index is 2.20. The normalized spacial score (nSPS) is 21.6. The van der Waals surface area contributed by atoms with Gasteiger partial charge in [-0.2, -0.15) is 0 Å². The maximum atomic E-state index is 8.41. The van der Waals surface area contributed by atoms with Gasteiger partial charge < -0.3 is 15.8 Å². The molecule has 0 saturated carbocycles. The van der Waals surface area contributed by atoms with Crippen LogP contribution in [0.5, 0.6) is 0 Å². The molecule has 1 aliphatic rings. The van der Waals surface area contributed by atoms with Gasteiger partial charge in [-0.3, -0.25) is 0 Å². The minimum atomic E-state index is 0.340. The fourth-order valence-electron chi connectivity index (χ4n) is 1.86. The zero-order valence-corrected chi connectivity index (χ0v) is 8.78. The molecule has 0 radical (unpaired) electrons. The number of rotatable bonds is 3. The summed E-state index contributed by atoms with van der Waals surface area (Å²) >= 11 is 0. The number of hydrogen-bond donors (Lipinski definition) is 2. The lowest BCUT2D eigenvalue weighted by molar-refractivity contribution is 0.252. The molecule has 1 aliphatic heterocycles. The van der Waals surface area contributed by atoms with Crippen LogP contribution in [0.1, 0.15) is 38.5 Å². The molecule has 1 rings (SSSR count). The molecule has 0 aromatic rings. The van der Waals surface area contributed by atoms with Crippen LogP contribution in [0.3, 0.4) is 0 Å². The summed E-state index contributed by atoms with van der Waals surface area (Å²) in [7, 11) is 0. The van der Waals surface area contributed by atoms with E-state index in [1.54, 1.807) is 0 Å². The van der Waals surface area contributed by atoms with E-state index in [0.717, 1.165) is 6.54 Å². The van der Waals surface area contributed by atoms with Crippen molar-refractivity contribution in [2.24, 2.45) is 10.9 Å². The van der Waals surface area contributed by atoms with Gasteiger partial charge in [0, 0.05) is 13.0 Å². The highest BCUT2D eigenvalue weighted by molar-refractivity contribution is 5.79. The van der Waals surface area contributed by atoms with Crippen LogP contribution < -0.4 is 5.73 Å². The van der Waals surface area contributed by atoms with Gasteiger partial charge in [-0.05, 0) is 25.9 Å². The summed E-state index contributed by atoms with van der Waals surface area (Å²) in [6, 6.07) is 0. The fraction of sp³-hybridized carbons (Fsp3) is 0.900. The highest BCUT2D eigenvalue weighted by atomic mass is 16.4. The molecule has 0 unspecified atom stereocenters. The Morgan fingerprint density at radius 3 is 2.29 bits per heavy atom. The Kier molecular flexibility index (Phi) is 5.37. The van der Waals surface area contributed by atoms with Crippen molar-refractivity contribution >= 4 is 5.84 Å². The van der Waals surface area contributed by atoms with Gasteiger partial charge in [0.1, 0.15) is 5.84 Å². The van der Waals surface area contributed by atoms with Crippen LogP contribution in [-0.2, 0) is 0 Å². The standard InChI is InChI=1S/C10H21N3O/c11-10(12-14)6-9-13-7-4-2-1-3-5-8-13/h14H,1-9H2,(H2,11,12). The lowest BCUT2D eigenvalue weighted by Crippen LogP contribution is -2.31. The number of nitrogens with two attached hydrogens (primary N) is 1. The first-order valence-electron chi connectivity index (χ1n) is 5.51. The highest BCUT2D eigenvalue weighted by Gasteiger charge is 2.08. The molecule has 4 heteroatoms. The molecule has 82 valence electrons. The molecule has 0 aromatic carbocycles. The van der Waals surface area contributed by atoms with Gasteiger partial charge in [0.15, 0.2) is 0 Å². The van der Waals surface area contributed by atoms with Crippen LogP contribution >= 0.6 is 0 Å². The zero-order chi connectivity index (χ0) is 10.2. The van der Waals surface area contributed by atoms with Crippen LogP contribution in [0, 0.1) is 0 Å². The van der Waals surface area contributed by atoms with Crippen molar-refractivity contribution in [1.82, 2.24) is 4.90 Å². The van der Waals surface area contributed by atoms with Gasteiger partial charge in [-0.25, -0.2) is 0 Å². The van der Waals surface area contributed by atoms with Crippen molar-refractivity contribution in [2.75, 3.05) is 19.6 Å². The molecule has 0 aromatic heterocycles. The Bertz CT molecular complexity index is 174. The Hall–Kier alpha value is -0.770. The SMILES string of the molecule is N/C(CCN1CCCCCCC1)=N\O. The predicted octanol–water partition coefficient (Wildman–Crippen LogP) is 1.39. The van der Waals surface area contributed by atoms with Crippen LogP contribution in [0.25, 0.3) is 0 Å². The molecule has 1 heterocycles. The summed E-state index contributed by atoms with van der Waals surface area (Å²) in [5.74, 6) is 0.340. The maximum absolute atomic E-state index is 8.41. The molecular formula is C10H21N3O. The van der Waals surface area contributed by atoms with E-state index in [-0.39, 0.29) is 0 Å². The van der Waals surface area contributed by atoms with E-state index in [1.165, 1.54) is 45.2 Å². The molecular weight excluding hydrogens is 178 g/mol. The van der Waals surface area contributed by atoms with Gasteiger partial charge in [0.2, 0.25) is 0 Å². The number of nitrogens with zero attached hydrogens (tertiary/aromatic N) is 2. The van der Waals surface area contributed by atoms with Gasteiger partial charge >= 0.3 is 0 Å². The van der Waals surface area contributed by atoms with Crippen LogP contribution in [0.15, 0.2) is 5.16 Å². The smallest absolute Gasteiger partial charge is 0.140 e. The molecule has 0 bridgehead atoms. The van der Waals surface area contributed by atoms with Crippen molar-refractivity contribution in [2.45, 2.75) is 38.5 Å². The number of oxime groups is 1. The Labute approximate surface area is 85.8 Å². The molecule has 4 nitrogen and oxygen atoms in total. The summed E-state index contributed by atoms with van der Waals surface area (Å²) in [5.41, 5.74) is 5.43. The van der Waals surface area contributed by atoms with Crippen molar-refractivity contribution in [1.29, 1.82) is 0 Å². The number of amidine groups is 1. The van der Waals surface area contributed by atoms with E-state index in [4.69, 9.17) is 10.9 Å². The first kappa shape index (κ1) is 11.3. The molecule has 1 saturated heterocycles.